The van der Waals surface area contributed by atoms with Crippen LogP contribution < -0.4 is 10.6 Å². The van der Waals surface area contributed by atoms with Crippen LogP contribution in [0.1, 0.15) is 32.3 Å². The molecule has 0 unspecified atom stereocenters. The molecule has 2 amide bonds. The van der Waals surface area contributed by atoms with Crippen molar-refractivity contribution in [3.05, 3.63) is 29.8 Å². The lowest BCUT2D eigenvalue weighted by Crippen LogP contribution is -2.45. The lowest BCUT2D eigenvalue weighted by atomic mass is 9.99. The fraction of sp³-hybridized carbons (Fsp3) is 0.400. The minimum absolute atomic E-state index is 0.00383. The van der Waals surface area contributed by atoms with Crippen molar-refractivity contribution in [2.45, 2.75) is 38.6 Å². The number of benzene rings is 1. The Hall–Kier alpha value is -2.55. The minimum atomic E-state index is -0.890. The average molecular weight is 289 g/mol. The van der Waals surface area contributed by atoms with Gasteiger partial charge in [-0.05, 0) is 38.0 Å². The number of carbonyl (C=O) groups excluding carboxylic acids is 1. The van der Waals surface area contributed by atoms with Crippen molar-refractivity contribution in [1.29, 1.82) is 5.26 Å². The number of carboxylic acids is 1. The van der Waals surface area contributed by atoms with E-state index in [2.05, 4.69) is 16.7 Å². The molecule has 0 saturated heterocycles. The molecule has 6 heteroatoms. The lowest BCUT2D eigenvalue weighted by molar-refractivity contribution is -0.137. The van der Waals surface area contributed by atoms with Crippen molar-refractivity contribution in [1.82, 2.24) is 5.32 Å². The highest BCUT2D eigenvalue weighted by Crippen LogP contribution is 2.13. The first-order chi connectivity index (χ1) is 9.82. The Balaban J connectivity index is 2.53. The van der Waals surface area contributed by atoms with Gasteiger partial charge in [0.15, 0.2) is 0 Å². The highest BCUT2D eigenvalue weighted by Gasteiger charge is 2.21. The number of anilines is 1. The zero-order valence-electron chi connectivity index (χ0n) is 12.1. The second-order valence-electron chi connectivity index (χ2n) is 5.39. The molecule has 1 aromatic rings. The smallest absolute Gasteiger partial charge is 0.319 e. The van der Waals surface area contributed by atoms with Crippen LogP contribution in [-0.4, -0.2) is 22.6 Å². The van der Waals surface area contributed by atoms with E-state index in [4.69, 9.17) is 10.4 Å². The first-order valence-corrected chi connectivity index (χ1v) is 6.59. The summed E-state index contributed by atoms with van der Waals surface area (Å²) in [6.07, 6.45) is 0.668. The van der Waals surface area contributed by atoms with E-state index in [9.17, 15) is 9.59 Å². The molecule has 0 spiro atoms. The zero-order valence-corrected chi connectivity index (χ0v) is 12.1. The second-order valence-corrected chi connectivity index (χ2v) is 5.39. The van der Waals surface area contributed by atoms with E-state index in [1.165, 1.54) is 0 Å². The molecular formula is C15H19N3O3. The maximum Gasteiger partial charge on any atom is 0.319 e. The second kappa shape index (κ2) is 7.29. The van der Waals surface area contributed by atoms with Gasteiger partial charge in [0, 0.05) is 17.6 Å². The Labute approximate surface area is 123 Å². The molecule has 0 radical (unpaired) electrons. The summed E-state index contributed by atoms with van der Waals surface area (Å²) in [4.78, 5) is 22.4. The summed E-state index contributed by atoms with van der Waals surface area (Å²) in [6.45, 7) is 3.54. The van der Waals surface area contributed by atoms with Crippen LogP contribution in [0.25, 0.3) is 0 Å². The number of aliphatic carboxylic acids is 1. The Morgan fingerprint density at radius 1 is 1.29 bits per heavy atom. The molecule has 0 saturated carbocycles. The quantitative estimate of drug-likeness (QED) is 0.748. The van der Waals surface area contributed by atoms with Crippen molar-refractivity contribution in [3.63, 3.8) is 0 Å². The Kier molecular flexibility index (Phi) is 5.73. The van der Waals surface area contributed by atoms with Crippen molar-refractivity contribution in [3.8, 4) is 6.07 Å². The monoisotopic (exact) mass is 289 g/mol. The fourth-order valence-electron chi connectivity index (χ4n) is 1.75. The van der Waals surface area contributed by atoms with Crippen LogP contribution >= 0.6 is 0 Å². The molecule has 0 aliphatic carbocycles. The number of rotatable bonds is 6. The number of hydrogen-bond donors (Lipinski definition) is 3. The minimum Gasteiger partial charge on any atom is -0.481 e. The van der Waals surface area contributed by atoms with Crippen molar-refractivity contribution < 1.29 is 14.7 Å². The maximum atomic E-state index is 11.9. The van der Waals surface area contributed by atoms with E-state index in [-0.39, 0.29) is 6.42 Å². The lowest BCUT2D eigenvalue weighted by Gasteiger charge is -2.25. The summed E-state index contributed by atoms with van der Waals surface area (Å²) >= 11 is 0. The number of urea groups is 1. The largest absolute Gasteiger partial charge is 0.481 e. The van der Waals surface area contributed by atoms with Gasteiger partial charge in [-0.25, -0.2) is 4.79 Å². The molecule has 0 heterocycles. The summed E-state index contributed by atoms with van der Waals surface area (Å²) in [6, 6.07) is 8.64. The van der Waals surface area contributed by atoms with Gasteiger partial charge in [0.05, 0.1) is 12.5 Å². The number of nitrogens with one attached hydrogen (secondary N) is 2. The molecule has 3 N–H and O–H groups in total. The fourth-order valence-corrected chi connectivity index (χ4v) is 1.75. The average Bonchev–Trinajstić information content (AvgIpc) is 2.38. The third-order valence-electron chi connectivity index (χ3n) is 2.91. The summed E-state index contributed by atoms with van der Waals surface area (Å²) < 4.78 is 0. The van der Waals surface area contributed by atoms with Crippen LogP contribution in [0, 0.1) is 11.3 Å². The first kappa shape index (κ1) is 16.5. The van der Waals surface area contributed by atoms with Crippen LogP contribution in [0.4, 0.5) is 10.5 Å². The molecule has 1 aromatic carbocycles. The van der Waals surface area contributed by atoms with Gasteiger partial charge in [-0.3, -0.25) is 4.79 Å². The predicted octanol–water partition coefficient (Wildman–Crippen LogP) is 2.52. The number of carboxylic acid groups (broad SMARTS) is 1. The maximum absolute atomic E-state index is 11.9. The normalized spacial score (nSPS) is 10.5. The number of carbonyl (C=O) groups is 2. The van der Waals surface area contributed by atoms with E-state index in [0.29, 0.717) is 18.5 Å². The van der Waals surface area contributed by atoms with E-state index in [1.807, 2.05) is 0 Å². The number of nitriles is 1. The Morgan fingerprint density at radius 2 is 1.90 bits per heavy atom. The molecule has 6 nitrogen and oxygen atoms in total. The van der Waals surface area contributed by atoms with Crippen LogP contribution in [0.3, 0.4) is 0 Å². The topological polar surface area (TPSA) is 102 Å². The van der Waals surface area contributed by atoms with Gasteiger partial charge in [-0.15, -0.1) is 0 Å². The van der Waals surface area contributed by atoms with E-state index < -0.39 is 17.5 Å². The zero-order chi connectivity index (χ0) is 15.9. The molecule has 0 fully saturated rings. The van der Waals surface area contributed by atoms with Gasteiger partial charge in [0.2, 0.25) is 0 Å². The van der Waals surface area contributed by atoms with Gasteiger partial charge in [-0.1, -0.05) is 12.1 Å². The summed E-state index contributed by atoms with van der Waals surface area (Å²) in [5.41, 5.74) is 0.886. The summed E-state index contributed by atoms with van der Waals surface area (Å²) in [5.74, 6) is -0.890. The third-order valence-corrected chi connectivity index (χ3v) is 2.91. The third kappa shape index (κ3) is 6.43. The van der Waals surface area contributed by atoms with Crippen LogP contribution in [0.15, 0.2) is 24.3 Å². The van der Waals surface area contributed by atoms with Crippen LogP contribution in [0.2, 0.25) is 0 Å². The highest BCUT2D eigenvalue weighted by atomic mass is 16.4. The van der Waals surface area contributed by atoms with E-state index in [0.717, 1.165) is 5.56 Å². The molecule has 0 atom stereocenters. The molecule has 112 valence electrons. The van der Waals surface area contributed by atoms with Gasteiger partial charge in [0.1, 0.15) is 0 Å². The molecule has 0 bridgehead atoms. The first-order valence-electron chi connectivity index (χ1n) is 6.59. The summed E-state index contributed by atoms with van der Waals surface area (Å²) in [5, 5.41) is 22.7. The Morgan fingerprint density at radius 3 is 2.43 bits per heavy atom. The number of amides is 2. The Bertz CT molecular complexity index is 544. The highest BCUT2D eigenvalue weighted by molar-refractivity contribution is 5.89. The van der Waals surface area contributed by atoms with Crippen LogP contribution in [-0.2, 0) is 11.2 Å². The molecule has 0 aliphatic rings. The molecular weight excluding hydrogens is 270 g/mol. The molecule has 0 aliphatic heterocycles. The van der Waals surface area contributed by atoms with Crippen molar-refractivity contribution in [2.75, 3.05) is 5.32 Å². The molecule has 0 aromatic heterocycles. The molecule has 1 rings (SSSR count). The van der Waals surface area contributed by atoms with Crippen LogP contribution in [0.5, 0.6) is 0 Å². The standard InChI is InChI=1S/C15H19N3O3/c1-15(2,9-7-13(19)20)18-14(21)17-12-5-3-11(4-6-12)8-10-16/h3-6H,7-9H2,1-2H3,(H,19,20)(H2,17,18,21). The van der Waals surface area contributed by atoms with Crippen molar-refractivity contribution in [2.24, 2.45) is 0 Å². The van der Waals surface area contributed by atoms with Gasteiger partial charge in [0.25, 0.3) is 0 Å². The van der Waals surface area contributed by atoms with Gasteiger partial charge in [-0.2, -0.15) is 5.26 Å². The number of hydrogen-bond acceptors (Lipinski definition) is 3. The SMILES string of the molecule is CC(C)(CCC(=O)O)NC(=O)Nc1ccc(CC#N)cc1. The predicted molar refractivity (Wildman–Crippen MR) is 78.9 cm³/mol. The molecule has 21 heavy (non-hydrogen) atoms. The summed E-state index contributed by atoms with van der Waals surface area (Å²) in [7, 11) is 0. The van der Waals surface area contributed by atoms with E-state index in [1.54, 1.807) is 38.1 Å². The van der Waals surface area contributed by atoms with Gasteiger partial charge < -0.3 is 15.7 Å². The van der Waals surface area contributed by atoms with Crippen molar-refractivity contribution >= 4 is 17.7 Å². The van der Waals surface area contributed by atoms with E-state index >= 15 is 0 Å². The number of nitrogens with zero attached hydrogens (tertiary/aromatic N) is 1. The van der Waals surface area contributed by atoms with Gasteiger partial charge >= 0.3 is 12.0 Å².